The van der Waals surface area contributed by atoms with E-state index in [4.69, 9.17) is 5.11 Å². The number of carbonyl (C=O) groups excluding carboxylic acids is 2. The molecule has 5 nitrogen and oxygen atoms in total. The second-order valence-electron chi connectivity index (χ2n) is 5.01. The highest BCUT2D eigenvalue weighted by Crippen LogP contribution is 2.15. The van der Waals surface area contributed by atoms with Crippen LogP contribution < -0.4 is 5.32 Å². The normalized spacial score (nSPS) is 13.8. The van der Waals surface area contributed by atoms with Crippen LogP contribution in [-0.4, -0.2) is 41.5 Å². The molecule has 1 aromatic carbocycles. The minimum Gasteiger partial charge on any atom is -0.384 e. The quantitative estimate of drug-likeness (QED) is 0.811. The lowest BCUT2D eigenvalue weighted by Crippen LogP contribution is -2.33. The molecule has 110 valence electrons. The van der Waals surface area contributed by atoms with Crippen molar-refractivity contribution < 1.29 is 14.7 Å². The van der Waals surface area contributed by atoms with E-state index in [-0.39, 0.29) is 25.0 Å². The van der Waals surface area contributed by atoms with E-state index in [0.717, 1.165) is 17.5 Å². The van der Waals surface area contributed by atoms with E-state index < -0.39 is 0 Å². The third-order valence-corrected chi connectivity index (χ3v) is 3.18. The van der Waals surface area contributed by atoms with Crippen molar-refractivity contribution in [3.05, 3.63) is 29.3 Å². The first-order chi connectivity index (χ1) is 10.1. The van der Waals surface area contributed by atoms with Crippen molar-refractivity contribution in [1.29, 1.82) is 0 Å². The molecule has 1 heterocycles. The van der Waals surface area contributed by atoms with Crippen molar-refractivity contribution in [2.24, 2.45) is 0 Å². The van der Waals surface area contributed by atoms with Gasteiger partial charge in [-0.2, -0.15) is 0 Å². The second kappa shape index (κ2) is 6.91. The highest BCUT2D eigenvalue weighted by molar-refractivity contribution is 5.95. The lowest BCUT2D eigenvalue weighted by molar-refractivity contribution is -0.131. The number of aliphatic hydroxyl groups is 1. The van der Waals surface area contributed by atoms with Crippen LogP contribution in [0.15, 0.2) is 18.2 Å². The van der Waals surface area contributed by atoms with Crippen molar-refractivity contribution >= 4 is 17.5 Å². The maximum Gasteiger partial charge on any atom is 0.243 e. The number of hydrogen-bond acceptors (Lipinski definition) is 3. The van der Waals surface area contributed by atoms with Crippen LogP contribution in [0.3, 0.4) is 0 Å². The number of aliphatic hydroxyl groups excluding tert-OH is 1. The molecule has 1 aliphatic heterocycles. The summed E-state index contributed by atoms with van der Waals surface area (Å²) in [5, 5.41) is 11.5. The summed E-state index contributed by atoms with van der Waals surface area (Å²) in [7, 11) is 0. The van der Waals surface area contributed by atoms with Crippen molar-refractivity contribution in [2.75, 3.05) is 25.0 Å². The van der Waals surface area contributed by atoms with Crippen LogP contribution in [0.2, 0.25) is 0 Å². The average Bonchev–Trinajstić information content (AvgIpc) is 2.81. The van der Waals surface area contributed by atoms with E-state index in [2.05, 4.69) is 17.2 Å². The third kappa shape index (κ3) is 4.33. The van der Waals surface area contributed by atoms with Crippen molar-refractivity contribution in [3.8, 4) is 11.8 Å². The first kappa shape index (κ1) is 15.1. The highest BCUT2D eigenvalue weighted by atomic mass is 16.2. The van der Waals surface area contributed by atoms with Crippen LogP contribution in [0.5, 0.6) is 0 Å². The van der Waals surface area contributed by atoms with Crippen LogP contribution >= 0.6 is 0 Å². The smallest absolute Gasteiger partial charge is 0.243 e. The Hall–Kier alpha value is -2.32. The number of aryl methyl sites for hydroxylation is 1. The van der Waals surface area contributed by atoms with Gasteiger partial charge in [0.15, 0.2) is 0 Å². The maximum atomic E-state index is 12.0. The zero-order valence-corrected chi connectivity index (χ0v) is 12.0. The van der Waals surface area contributed by atoms with E-state index in [1.807, 2.05) is 19.1 Å². The fourth-order valence-corrected chi connectivity index (χ4v) is 2.31. The van der Waals surface area contributed by atoms with Gasteiger partial charge in [0.05, 0.1) is 6.54 Å². The Bertz CT molecular complexity index is 614. The molecule has 0 saturated carbocycles. The van der Waals surface area contributed by atoms with Crippen LogP contribution in [-0.2, 0) is 9.59 Å². The Morgan fingerprint density at radius 3 is 2.90 bits per heavy atom. The SMILES string of the molecule is Cc1cc(C#CCO)cc(NC(=O)CN2CCCC2=O)c1. The lowest BCUT2D eigenvalue weighted by atomic mass is 10.1. The van der Waals surface area contributed by atoms with Crippen LogP contribution in [0.25, 0.3) is 0 Å². The molecule has 1 aromatic rings. The Labute approximate surface area is 124 Å². The number of rotatable bonds is 3. The molecule has 0 radical (unpaired) electrons. The molecule has 5 heteroatoms. The summed E-state index contributed by atoms with van der Waals surface area (Å²) in [6.07, 6.45) is 1.34. The van der Waals surface area contributed by atoms with Gasteiger partial charge in [0, 0.05) is 24.2 Å². The Morgan fingerprint density at radius 2 is 2.24 bits per heavy atom. The molecule has 1 aliphatic rings. The number of hydrogen-bond donors (Lipinski definition) is 2. The Morgan fingerprint density at radius 1 is 1.43 bits per heavy atom. The highest BCUT2D eigenvalue weighted by Gasteiger charge is 2.22. The number of likely N-dealkylation sites (tertiary alicyclic amines) is 1. The maximum absolute atomic E-state index is 12.0. The van der Waals surface area contributed by atoms with Crippen molar-refractivity contribution in [3.63, 3.8) is 0 Å². The first-order valence-electron chi connectivity index (χ1n) is 6.87. The standard InChI is InChI=1S/C16H18N2O3/c1-12-8-13(4-3-7-19)10-14(9-12)17-15(20)11-18-6-2-5-16(18)21/h8-10,19H,2,5-7,11H2,1H3,(H,17,20). The molecule has 1 saturated heterocycles. The molecule has 21 heavy (non-hydrogen) atoms. The summed E-state index contributed by atoms with van der Waals surface area (Å²) >= 11 is 0. The largest absolute Gasteiger partial charge is 0.384 e. The number of amides is 2. The molecule has 0 aliphatic carbocycles. The van der Waals surface area contributed by atoms with E-state index in [1.165, 1.54) is 0 Å². The monoisotopic (exact) mass is 286 g/mol. The predicted octanol–water partition coefficient (Wildman–Crippen LogP) is 0.900. The number of anilines is 1. The summed E-state index contributed by atoms with van der Waals surface area (Å²) in [5.74, 6) is 5.21. The molecule has 0 atom stereocenters. The van der Waals surface area contributed by atoms with Crippen molar-refractivity contribution in [2.45, 2.75) is 19.8 Å². The fraction of sp³-hybridized carbons (Fsp3) is 0.375. The molecular formula is C16H18N2O3. The van der Waals surface area contributed by atoms with Gasteiger partial charge in [-0.05, 0) is 37.1 Å². The average molecular weight is 286 g/mol. The predicted molar refractivity (Wildman–Crippen MR) is 79.6 cm³/mol. The molecule has 2 N–H and O–H groups in total. The van der Waals surface area contributed by atoms with E-state index in [1.54, 1.807) is 11.0 Å². The molecular weight excluding hydrogens is 268 g/mol. The minimum absolute atomic E-state index is 0.0314. The van der Waals surface area contributed by atoms with Gasteiger partial charge >= 0.3 is 0 Å². The van der Waals surface area contributed by atoms with Gasteiger partial charge in [0.2, 0.25) is 11.8 Å². The zero-order valence-electron chi connectivity index (χ0n) is 12.0. The molecule has 0 bridgehead atoms. The van der Waals surface area contributed by atoms with Crippen LogP contribution in [0, 0.1) is 18.8 Å². The van der Waals surface area contributed by atoms with Gasteiger partial charge in [0.1, 0.15) is 6.61 Å². The zero-order chi connectivity index (χ0) is 15.2. The minimum atomic E-state index is -0.211. The summed E-state index contributed by atoms with van der Waals surface area (Å²) in [5.41, 5.74) is 2.35. The molecule has 2 rings (SSSR count). The molecule has 0 unspecified atom stereocenters. The van der Waals surface area contributed by atoms with Crippen LogP contribution in [0.1, 0.15) is 24.0 Å². The van der Waals surface area contributed by atoms with Crippen LogP contribution in [0.4, 0.5) is 5.69 Å². The summed E-state index contributed by atoms with van der Waals surface area (Å²) in [4.78, 5) is 25.0. The number of nitrogens with zero attached hydrogens (tertiary/aromatic N) is 1. The van der Waals surface area contributed by atoms with Crippen molar-refractivity contribution in [1.82, 2.24) is 4.90 Å². The molecule has 1 fully saturated rings. The van der Waals surface area contributed by atoms with Gasteiger partial charge in [-0.25, -0.2) is 0 Å². The fourth-order valence-electron chi connectivity index (χ4n) is 2.31. The molecule has 0 spiro atoms. The van der Waals surface area contributed by atoms with E-state index in [0.29, 0.717) is 18.7 Å². The van der Waals surface area contributed by atoms with Gasteiger partial charge in [0.25, 0.3) is 0 Å². The van der Waals surface area contributed by atoms with Gasteiger partial charge in [-0.3, -0.25) is 9.59 Å². The number of carbonyl (C=O) groups is 2. The first-order valence-corrected chi connectivity index (χ1v) is 6.87. The van der Waals surface area contributed by atoms with Gasteiger partial charge < -0.3 is 15.3 Å². The number of nitrogens with one attached hydrogen (secondary N) is 1. The van der Waals surface area contributed by atoms with Gasteiger partial charge in [-0.15, -0.1) is 0 Å². The third-order valence-electron chi connectivity index (χ3n) is 3.18. The second-order valence-corrected chi connectivity index (χ2v) is 5.01. The van der Waals surface area contributed by atoms with E-state index >= 15 is 0 Å². The topological polar surface area (TPSA) is 69.6 Å². The summed E-state index contributed by atoms with van der Waals surface area (Å²) < 4.78 is 0. The molecule has 2 amide bonds. The summed E-state index contributed by atoms with van der Waals surface area (Å²) in [6.45, 7) is 2.44. The van der Waals surface area contributed by atoms with E-state index in [9.17, 15) is 9.59 Å². The number of benzene rings is 1. The molecule has 0 aromatic heterocycles. The summed E-state index contributed by atoms with van der Waals surface area (Å²) in [6, 6.07) is 5.47. The Kier molecular flexibility index (Phi) is 4.96. The van der Waals surface area contributed by atoms with Gasteiger partial charge in [-0.1, -0.05) is 11.8 Å². The Balaban J connectivity index is 2.03. The lowest BCUT2D eigenvalue weighted by Gasteiger charge is -2.15.